The summed E-state index contributed by atoms with van der Waals surface area (Å²) >= 11 is 1.40. The van der Waals surface area contributed by atoms with Gasteiger partial charge >= 0.3 is 0 Å². The Morgan fingerprint density at radius 1 is 0.722 bits per heavy atom. The van der Waals surface area contributed by atoms with Gasteiger partial charge in [0.05, 0.1) is 10.9 Å². The second kappa shape index (κ2) is 9.36. The number of rotatable bonds is 5. The van der Waals surface area contributed by atoms with Gasteiger partial charge in [-0.05, 0) is 30.3 Å². The number of nitrogens with zero attached hydrogens (tertiary/aromatic N) is 3. The van der Waals surface area contributed by atoms with Crippen LogP contribution in [0.4, 0.5) is 20.3 Å². The predicted octanol–water partition coefficient (Wildman–Crippen LogP) is 8.02. The molecule has 0 aliphatic carbocycles. The smallest absolute Gasteiger partial charge is 0.161 e. The topological polar surface area (TPSA) is 50.7 Å². The monoisotopic (exact) mass is 492 g/mol. The van der Waals surface area contributed by atoms with Crippen molar-refractivity contribution in [2.24, 2.45) is 0 Å². The SMILES string of the molecule is Fc1cc(F)c2c(Sc3ccc(Nc4nnc(-c5ccccc5)c5ccccc45)cc3)ccnc2c1. The average Bonchev–Trinajstić information content (AvgIpc) is 2.90. The van der Waals surface area contributed by atoms with E-state index in [0.717, 1.165) is 38.7 Å². The molecule has 0 radical (unpaired) electrons. The lowest BCUT2D eigenvalue weighted by Gasteiger charge is -2.12. The lowest BCUT2D eigenvalue weighted by molar-refractivity contribution is 0.590. The number of benzene rings is 4. The van der Waals surface area contributed by atoms with E-state index in [-0.39, 0.29) is 0 Å². The van der Waals surface area contributed by atoms with Crippen molar-refractivity contribution in [3.8, 4) is 11.3 Å². The van der Waals surface area contributed by atoms with Crippen LogP contribution in [0.3, 0.4) is 0 Å². The summed E-state index contributed by atoms with van der Waals surface area (Å²) in [4.78, 5) is 5.68. The molecule has 0 saturated carbocycles. The summed E-state index contributed by atoms with van der Waals surface area (Å²) in [5.41, 5.74) is 2.98. The van der Waals surface area contributed by atoms with Crippen LogP contribution in [0.1, 0.15) is 0 Å². The number of halogens is 2. The normalized spacial score (nSPS) is 11.2. The average molecular weight is 493 g/mol. The second-order valence-corrected chi connectivity index (χ2v) is 9.27. The van der Waals surface area contributed by atoms with Crippen molar-refractivity contribution in [2.75, 3.05) is 5.32 Å². The Labute approximate surface area is 210 Å². The van der Waals surface area contributed by atoms with E-state index in [4.69, 9.17) is 0 Å². The van der Waals surface area contributed by atoms with Gasteiger partial charge in [0.2, 0.25) is 0 Å². The van der Waals surface area contributed by atoms with Crippen molar-refractivity contribution in [2.45, 2.75) is 9.79 Å². The van der Waals surface area contributed by atoms with E-state index in [9.17, 15) is 8.78 Å². The zero-order valence-electron chi connectivity index (χ0n) is 18.8. The van der Waals surface area contributed by atoms with Gasteiger partial charge in [0.15, 0.2) is 5.82 Å². The summed E-state index contributed by atoms with van der Waals surface area (Å²) in [6, 6.07) is 29.6. The number of hydrogen-bond acceptors (Lipinski definition) is 5. The highest BCUT2D eigenvalue weighted by molar-refractivity contribution is 7.99. The highest BCUT2D eigenvalue weighted by Gasteiger charge is 2.13. The van der Waals surface area contributed by atoms with Crippen LogP contribution in [0, 0.1) is 11.6 Å². The van der Waals surface area contributed by atoms with Gasteiger partial charge in [-0.3, -0.25) is 4.98 Å². The summed E-state index contributed by atoms with van der Waals surface area (Å²) in [5, 5.41) is 14.6. The van der Waals surface area contributed by atoms with Crippen LogP contribution in [0.5, 0.6) is 0 Å². The number of anilines is 2. The number of nitrogens with one attached hydrogen (secondary N) is 1. The van der Waals surface area contributed by atoms with Crippen molar-refractivity contribution in [3.63, 3.8) is 0 Å². The fraction of sp³-hybridized carbons (Fsp3) is 0. The summed E-state index contributed by atoms with van der Waals surface area (Å²) in [6.45, 7) is 0. The van der Waals surface area contributed by atoms with Crippen molar-refractivity contribution in [1.82, 2.24) is 15.2 Å². The van der Waals surface area contributed by atoms with E-state index >= 15 is 0 Å². The van der Waals surface area contributed by atoms with E-state index in [2.05, 4.69) is 20.5 Å². The Morgan fingerprint density at radius 3 is 2.28 bits per heavy atom. The molecule has 0 atom stereocenters. The van der Waals surface area contributed by atoms with Gasteiger partial charge in [-0.1, -0.05) is 66.4 Å². The predicted molar refractivity (Wildman–Crippen MR) is 140 cm³/mol. The second-order valence-electron chi connectivity index (χ2n) is 8.15. The minimum atomic E-state index is -0.641. The van der Waals surface area contributed by atoms with Crippen LogP contribution < -0.4 is 5.32 Å². The Hall–Kier alpha value is -4.36. The fourth-order valence-electron chi connectivity index (χ4n) is 4.13. The third kappa shape index (κ3) is 4.25. The Morgan fingerprint density at radius 2 is 1.47 bits per heavy atom. The fourth-order valence-corrected chi connectivity index (χ4v) is 5.09. The summed E-state index contributed by atoms with van der Waals surface area (Å²) < 4.78 is 28.0. The number of aromatic nitrogens is 3. The van der Waals surface area contributed by atoms with Gasteiger partial charge < -0.3 is 5.32 Å². The van der Waals surface area contributed by atoms with Gasteiger partial charge in [0.1, 0.15) is 17.3 Å². The Bertz CT molecular complexity index is 1710. The first-order chi connectivity index (χ1) is 17.7. The molecule has 6 aromatic rings. The molecule has 0 aliphatic rings. The quantitative estimate of drug-likeness (QED) is 0.264. The van der Waals surface area contributed by atoms with Gasteiger partial charge in [0.25, 0.3) is 0 Å². The summed E-state index contributed by atoms with van der Waals surface area (Å²) in [7, 11) is 0. The zero-order valence-corrected chi connectivity index (χ0v) is 19.6. The molecular formula is C29H18F2N4S. The molecule has 0 amide bonds. The van der Waals surface area contributed by atoms with Crippen molar-refractivity contribution in [3.05, 3.63) is 115 Å². The maximum absolute atomic E-state index is 14.5. The molecule has 0 aliphatic heterocycles. The largest absolute Gasteiger partial charge is 0.338 e. The molecular weight excluding hydrogens is 474 g/mol. The lowest BCUT2D eigenvalue weighted by Crippen LogP contribution is -1.99. The van der Waals surface area contributed by atoms with Crippen LogP contribution in [-0.2, 0) is 0 Å². The van der Waals surface area contributed by atoms with E-state index in [1.807, 2.05) is 78.9 Å². The lowest BCUT2D eigenvalue weighted by atomic mass is 10.0. The molecule has 0 spiro atoms. The third-order valence-electron chi connectivity index (χ3n) is 5.80. The van der Waals surface area contributed by atoms with Crippen molar-refractivity contribution < 1.29 is 8.78 Å². The number of fused-ring (bicyclic) bond motifs is 2. The molecule has 0 saturated heterocycles. The molecule has 36 heavy (non-hydrogen) atoms. The Kier molecular flexibility index (Phi) is 5.75. The molecule has 1 N–H and O–H groups in total. The van der Waals surface area contributed by atoms with Gasteiger partial charge in [-0.15, -0.1) is 10.2 Å². The minimum absolute atomic E-state index is 0.292. The van der Waals surface area contributed by atoms with Crippen LogP contribution in [0.2, 0.25) is 0 Å². The molecule has 4 nitrogen and oxygen atoms in total. The maximum atomic E-state index is 14.5. The molecule has 0 fully saturated rings. The van der Waals surface area contributed by atoms with Crippen LogP contribution in [0.25, 0.3) is 32.9 Å². The van der Waals surface area contributed by atoms with E-state index in [0.29, 0.717) is 21.6 Å². The minimum Gasteiger partial charge on any atom is -0.338 e. The third-order valence-corrected chi connectivity index (χ3v) is 6.87. The first-order valence-corrected chi connectivity index (χ1v) is 12.1. The molecule has 0 bridgehead atoms. The van der Waals surface area contributed by atoms with Crippen molar-refractivity contribution >= 4 is 44.9 Å². The number of hydrogen-bond donors (Lipinski definition) is 1. The van der Waals surface area contributed by atoms with E-state index in [1.165, 1.54) is 17.8 Å². The molecule has 2 aromatic heterocycles. The van der Waals surface area contributed by atoms with Crippen molar-refractivity contribution in [1.29, 1.82) is 0 Å². The van der Waals surface area contributed by atoms with Crippen LogP contribution in [-0.4, -0.2) is 15.2 Å². The molecule has 4 aromatic carbocycles. The first kappa shape index (κ1) is 22.1. The van der Waals surface area contributed by atoms with Crippen LogP contribution >= 0.6 is 11.8 Å². The molecule has 0 unspecified atom stereocenters. The molecule has 6 rings (SSSR count). The first-order valence-electron chi connectivity index (χ1n) is 11.3. The zero-order chi connectivity index (χ0) is 24.5. The Balaban J connectivity index is 1.28. The van der Waals surface area contributed by atoms with Crippen LogP contribution in [0.15, 0.2) is 113 Å². The highest BCUT2D eigenvalue weighted by atomic mass is 32.2. The van der Waals surface area contributed by atoms with E-state index in [1.54, 1.807) is 12.3 Å². The molecule has 2 heterocycles. The van der Waals surface area contributed by atoms with E-state index < -0.39 is 11.6 Å². The number of pyridine rings is 1. The maximum Gasteiger partial charge on any atom is 0.161 e. The summed E-state index contributed by atoms with van der Waals surface area (Å²) in [5.74, 6) is -0.601. The standard InChI is InChI=1S/C29H18F2N4S/c30-19-16-24(31)27-25(17-19)32-15-14-26(27)36-21-12-10-20(11-13-21)33-29-23-9-5-4-8-22(23)28(34-35-29)18-6-2-1-3-7-18/h1-17H,(H,33,35). The molecule has 174 valence electrons. The highest BCUT2D eigenvalue weighted by Crippen LogP contribution is 2.36. The van der Waals surface area contributed by atoms with Gasteiger partial charge in [-0.25, -0.2) is 8.78 Å². The van der Waals surface area contributed by atoms with Gasteiger partial charge in [0, 0.05) is 50.1 Å². The van der Waals surface area contributed by atoms with Gasteiger partial charge in [-0.2, -0.15) is 0 Å². The molecule has 7 heteroatoms. The summed E-state index contributed by atoms with van der Waals surface area (Å²) in [6.07, 6.45) is 1.56.